The summed E-state index contributed by atoms with van der Waals surface area (Å²) in [6.45, 7) is 8.99. The number of hydrogen-bond donors (Lipinski definition) is 8. The SMILES string of the molecule is N[C@@H](Cc1cn(Cc2ccccc2)cn1)C(=O)NCCCN(CCCCN(CCCNC(=O)[C@@H](N)Cc1cn(Cc2ccccc2)cn1)CCCNC(=O)[C@@H](N)Cc1cn(Cc2ccccc2)cn1)CCCNC(=O)[C@@H](N)Cc1cn(Cc2ccccc2)cn1. The molecule has 90 heavy (non-hydrogen) atoms. The van der Waals surface area contributed by atoms with Crippen LogP contribution < -0.4 is 44.2 Å². The minimum atomic E-state index is -0.744. The van der Waals surface area contributed by atoms with Gasteiger partial charge >= 0.3 is 0 Å². The van der Waals surface area contributed by atoms with Crippen LogP contribution in [0.4, 0.5) is 0 Å². The third-order valence-corrected chi connectivity index (χ3v) is 15.6. The summed E-state index contributed by atoms with van der Waals surface area (Å²) in [5.41, 5.74) is 33.2. The number of nitrogens with one attached hydrogen (secondary N) is 4. The van der Waals surface area contributed by atoms with Crippen LogP contribution in [-0.4, -0.2) is 161 Å². The number of unbranched alkanes of at least 4 members (excludes halogenated alkanes) is 1. The first-order chi connectivity index (χ1) is 43.9. The molecule has 0 aliphatic heterocycles. The molecule has 0 fully saturated rings. The lowest BCUT2D eigenvalue weighted by molar-refractivity contribution is -0.123. The second-order valence-corrected chi connectivity index (χ2v) is 23.3. The molecule has 4 aromatic heterocycles. The van der Waals surface area contributed by atoms with Crippen molar-refractivity contribution in [3.05, 3.63) is 216 Å². The van der Waals surface area contributed by atoms with E-state index in [2.05, 4.69) is 99.5 Å². The highest BCUT2D eigenvalue weighted by Gasteiger charge is 2.20. The fourth-order valence-corrected chi connectivity index (χ4v) is 10.8. The molecule has 8 aromatic rings. The van der Waals surface area contributed by atoms with Crippen LogP contribution in [-0.2, 0) is 71.0 Å². The molecule has 4 aromatic carbocycles. The number of nitrogens with two attached hydrogens (primary N) is 4. The Bertz CT molecular complexity index is 2920. The smallest absolute Gasteiger partial charge is 0.237 e. The Kier molecular flexibility index (Phi) is 27.5. The number of carbonyl (C=O) groups is 4. The van der Waals surface area contributed by atoms with Gasteiger partial charge in [0.05, 0.1) is 72.3 Å². The molecule has 8 rings (SSSR count). The first-order valence-corrected chi connectivity index (χ1v) is 31.6. The molecule has 0 spiro atoms. The van der Waals surface area contributed by atoms with Crippen molar-refractivity contribution >= 4 is 23.6 Å². The van der Waals surface area contributed by atoms with Gasteiger partial charge in [-0.1, -0.05) is 121 Å². The average Bonchev–Trinajstić information content (AvgIpc) is 4.08. The van der Waals surface area contributed by atoms with Gasteiger partial charge in [0.25, 0.3) is 0 Å². The topological polar surface area (TPSA) is 298 Å². The van der Waals surface area contributed by atoms with Crippen LogP contribution in [0.15, 0.2) is 171 Å². The third-order valence-electron chi connectivity index (χ3n) is 15.6. The van der Waals surface area contributed by atoms with Crippen LogP contribution in [0.3, 0.4) is 0 Å². The molecular weight excluding hydrogens is 1130 g/mol. The Morgan fingerprint density at radius 3 is 0.767 bits per heavy atom. The standard InChI is InChI=1S/C68H92N18O4/c69-61(37-57-45-83(49-77-57)41-53-19-5-1-6-20-53)65(87)73-27-15-33-81(34-16-28-74-66(88)62(70)38-58-46-84(50-78-58)42-54-21-7-2-8-22-54)31-13-14-32-82(35-17-29-75-67(89)63(71)39-59-47-85(51-79-59)43-55-23-9-3-10-24-55)36-18-30-76-68(90)64(72)40-60-48-86(52-80-60)44-56-25-11-4-12-26-56/h1-12,19-26,45-52,61-64H,13-18,27-44,69-72H2,(H,73,87)(H,74,88)(H,75,89)(H,76,90)/t61-,62-,63-,64-/m0/s1. The van der Waals surface area contributed by atoms with Gasteiger partial charge in [0.15, 0.2) is 0 Å². The number of benzene rings is 4. The lowest BCUT2D eigenvalue weighted by atomic mass is 10.1. The van der Waals surface area contributed by atoms with Crippen LogP contribution in [0.1, 0.15) is 83.6 Å². The van der Waals surface area contributed by atoms with Crippen molar-refractivity contribution in [3.8, 4) is 0 Å². The third kappa shape index (κ3) is 24.0. The molecule has 4 amide bonds. The molecule has 0 saturated carbocycles. The van der Waals surface area contributed by atoms with E-state index < -0.39 is 24.2 Å². The van der Waals surface area contributed by atoms with E-state index in [0.717, 1.165) is 97.1 Å². The Morgan fingerprint density at radius 1 is 0.333 bits per heavy atom. The minimum Gasteiger partial charge on any atom is -0.355 e. The summed E-state index contributed by atoms with van der Waals surface area (Å²) in [6.07, 6.45) is 20.7. The molecule has 0 bridgehead atoms. The van der Waals surface area contributed by atoms with Gasteiger partial charge in [-0.25, -0.2) is 19.9 Å². The second kappa shape index (κ2) is 36.7. The van der Waals surface area contributed by atoms with E-state index in [1.54, 1.807) is 25.3 Å². The summed E-state index contributed by atoms with van der Waals surface area (Å²) in [5, 5.41) is 12.2. The van der Waals surface area contributed by atoms with Gasteiger partial charge in [0.1, 0.15) is 0 Å². The van der Waals surface area contributed by atoms with Crippen LogP contribution in [0.5, 0.6) is 0 Å². The molecule has 478 valence electrons. The van der Waals surface area contributed by atoms with Crippen molar-refractivity contribution in [2.24, 2.45) is 22.9 Å². The first kappa shape index (κ1) is 67.3. The number of carbonyl (C=O) groups excluding carboxylic acids is 4. The molecule has 0 aliphatic rings. The minimum absolute atomic E-state index is 0.226. The number of rotatable bonds is 41. The lowest BCUT2D eigenvalue weighted by Gasteiger charge is -2.25. The highest BCUT2D eigenvalue weighted by Crippen LogP contribution is 2.11. The zero-order valence-electron chi connectivity index (χ0n) is 51.9. The van der Waals surface area contributed by atoms with Crippen LogP contribution in [0, 0.1) is 0 Å². The molecule has 0 aliphatic carbocycles. The van der Waals surface area contributed by atoms with E-state index in [0.29, 0.717) is 104 Å². The van der Waals surface area contributed by atoms with Gasteiger partial charge < -0.3 is 72.3 Å². The molecule has 4 heterocycles. The Labute approximate surface area is 529 Å². The maximum Gasteiger partial charge on any atom is 0.237 e. The predicted molar refractivity (Wildman–Crippen MR) is 350 cm³/mol. The molecule has 22 nitrogen and oxygen atoms in total. The van der Waals surface area contributed by atoms with E-state index in [-0.39, 0.29) is 23.6 Å². The van der Waals surface area contributed by atoms with Crippen molar-refractivity contribution in [2.75, 3.05) is 65.4 Å². The van der Waals surface area contributed by atoms with Gasteiger partial charge in [-0.15, -0.1) is 0 Å². The van der Waals surface area contributed by atoms with Gasteiger partial charge in [-0.3, -0.25) is 19.2 Å². The van der Waals surface area contributed by atoms with Crippen LogP contribution in [0.2, 0.25) is 0 Å². The maximum atomic E-state index is 13.2. The first-order valence-electron chi connectivity index (χ1n) is 31.6. The average molecular weight is 1230 g/mol. The zero-order valence-corrected chi connectivity index (χ0v) is 51.9. The zero-order chi connectivity index (χ0) is 63.1. The van der Waals surface area contributed by atoms with Gasteiger partial charge in [0, 0.05) is 103 Å². The summed E-state index contributed by atoms with van der Waals surface area (Å²) in [4.78, 5) is 75.7. The number of hydrogen-bond acceptors (Lipinski definition) is 14. The maximum absolute atomic E-state index is 13.2. The highest BCUT2D eigenvalue weighted by atomic mass is 16.2. The van der Waals surface area contributed by atoms with Crippen LogP contribution in [0.25, 0.3) is 0 Å². The van der Waals surface area contributed by atoms with Crippen molar-refractivity contribution in [1.29, 1.82) is 0 Å². The molecule has 22 heteroatoms. The van der Waals surface area contributed by atoms with E-state index >= 15 is 0 Å². The second-order valence-electron chi connectivity index (χ2n) is 23.3. The number of aromatic nitrogens is 8. The molecule has 0 unspecified atom stereocenters. The molecule has 4 atom stereocenters. The quantitative estimate of drug-likeness (QED) is 0.0254. The molecular formula is C68H92N18O4. The lowest BCUT2D eigenvalue weighted by Crippen LogP contribution is -2.43. The van der Waals surface area contributed by atoms with E-state index in [1.165, 1.54) is 0 Å². The van der Waals surface area contributed by atoms with Crippen molar-refractivity contribution in [1.82, 2.24) is 69.3 Å². The summed E-state index contributed by atoms with van der Waals surface area (Å²) < 4.78 is 7.96. The fourth-order valence-electron chi connectivity index (χ4n) is 10.8. The molecule has 12 N–H and O–H groups in total. The molecule has 0 saturated heterocycles. The Balaban J connectivity index is 0.809. The highest BCUT2D eigenvalue weighted by molar-refractivity contribution is 5.83. The summed E-state index contributed by atoms with van der Waals surface area (Å²) >= 11 is 0. The van der Waals surface area contributed by atoms with Crippen molar-refractivity contribution in [3.63, 3.8) is 0 Å². The monoisotopic (exact) mass is 1220 g/mol. The van der Waals surface area contributed by atoms with E-state index in [1.807, 2.05) is 116 Å². The Morgan fingerprint density at radius 2 is 0.544 bits per heavy atom. The van der Waals surface area contributed by atoms with Crippen molar-refractivity contribution in [2.45, 2.75) is 115 Å². The Hall–Kier alpha value is -8.64. The summed E-state index contributed by atoms with van der Waals surface area (Å²) in [6, 6.07) is 37.5. The van der Waals surface area contributed by atoms with Crippen LogP contribution >= 0.6 is 0 Å². The summed E-state index contributed by atoms with van der Waals surface area (Å²) in [7, 11) is 0. The summed E-state index contributed by atoms with van der Waals surface area (Å²) in [5.74, 6) is -0.902. The van der Waals surface area contributed by atoms with Gasteiger partial charge in [0.2, 0.25) is 23.6 Å². The predicted octanol–water partition coefficient (Wildman–Crippen LogP) is 3.66. The van der Waals surface area contributed by atoms with Gasteiger partial charge in [-0.2, -0.15) is 0 Å². The van der Waals surface area contributed by atoms with Crippen molar-refractivity contribution < 1.29 is 19.2 Å². The largest absolute Gasteiger partial charge is 0.355 e. The molecule has 0 radical (unpaired) electrons. The van der Waals surface area contributed by atoms with E-state index in [4.69, 9.17) is 22.9 Å². The number of imidazole rings is 4. The normalized spacial score (nSPS) is 12.8. The van der Waals surface area contributed by atoms with Gasteiger partial charge in [-0.05, 0) is 100 Å². The fraction of sp³-hybridized carbons (Fsp3) is 0.412. The van der Waals surface area contributed by atoms with E-state index in [9.17, 15) is 19.2 Å². The number of amides is 4. The number of nitrogens with zero attached hydrogens (tertiary/aromatic N) is 10.